The Hall–Kier alpha value is -1.76. The Kier molecular flexibility index (Phi) is 4.26. The first kappa shape index (κ1) is 13.7. The van der Waals surface area contributed by atoms with E-state index in [0.29, 0.717) is 18.2 Å². The number of nitro groups is 1. The minimum Gasteiger partial charge on any atom is -0.379 e. The van der Waals surface area contributed by atoms with E-state index in [2.05, 4.69) is 5.32 Å². The highest BCUT2D eigenvalue weighted by Gasteiger charge is 2.19. The molecule has 102 valence electrons. The molecule has 0 bridgehead atoms. The zero-order chi connectivity index (χ0) is 13.8. The van der Waals surface area contributed by atoms with Crippen LogP contribution in [-0.4, -0.2) is 28.9 Å². The molecule has 6 nitrogen and oxygen atoms in total. The quantitative estimate of drug-likeness (QED) is 0.634. The molecule has 3 N–H and O–H groups in total. The zero-order valence-corrected chi connectivity index (χ0v) is 11.1. The van der Waals surface area contributed by atoms with Gasteiger partial charge >= 0.3 is 0 Å². The maximum atomic E-state index is 11.1. The molecule has 1 aromatic carbocycles. The first-order valence-electron chi connectivity index (χ1n) is 5.98. The Balaban J connectivity index is 2.16. The van der Waals surface area contributed by atoms with Crippen LogP contribution in [0.1, 0.15) is 16.8 Å². The summed E-state index contributed by atoms with van der Waals surface area (Å²) in [5, 5.41) is 14.0. The number of carbonyl (C=O) groups excluding carboxylic acids is 1. The number of carbonyl (C=O) groups is 1. The lowest BCUT2D eigenvalue weighted by Gasteiger charge is -2.12. The summed E-state index contributed by atoms with van der Waals surface area (Å²) >= 11 is 1.89. The van der Waals surface area contributed by atoms with Gasteiger partial charge < -0.3 is 11.1 Å². The molecule has 1 amide bonds. The second kappa shape index (κ2) is 5.92. The van der Waals surface area contributed by atoms with E-state index in [4.69, 9.17) is 5.73 Å². The Morgan fingerprint density at radius 1 is 1.58 bits per heavy atom. The first-order chi connectivity index (χ1) is 9.08. The van der Waals surface area contributed by atoms with Gasteiger partial charge in [0, 0.05) is 18.2 Å². The molecule has 0 aromatic heterocycles. The van der Waals surface area contributed by atoms with Crippen molar-refractivity contribution < 1.29 is 9.72 Å². The van der Waals surface area contributed by atoms with E-state index in [0.717, 1.165) is 17.9 Å². The largest absolute Gasteiger partial charge is 0.379 e. The Labute approximate surface area is 114 Å². The molecule has 1 fully saturated rings. The van der Waals surface area contributed by atoms with Crippen molar-refractivity contribution in [3.05, 3.63) is 33.9 Å². The van der Waals surface area contributed by atoms with Crippen LogP contribution < -0.4 is 11.1 Å². The molecule has 1 atom stereocenters. The molecule has 2 rings (SSSR count). The lowest BCUT2D eigenvalue weighted by atomic mass is 10.1. The number of rotatable bonds is 5. The third-order valence-corrected chi connectivity index (χ3v) is 4.31. The van der Waals surface area contributed by atoms with Crippen molar-refractivity contribution in [2.45, 2.75) is 6.42 Å². The number of nitrogens with zero attached hydrogens (tertiary/aromatic N) is 1. The summed E-state index contributed by atoms with van der Waals surface area (Å²) in [6, 6.07) is 4.13. The molecule has 0 radical (unpaired) electrons. The van der Waals surface area contributed by atoms with Crippen molar-refractivity contribution in [3.63, 3.8) is 0 Å². The monoisotopic (exact) mass is 281 g/mol. The SMILES string of the molecule is NC(=O)c1ccc([N+](=O)[O-])c(NCC2CCSC2)c1. The molecule has 1 heterocycles. The average Bonchev–Trinajstić information content (AvgIpc) is 2.88. The van der Waals surface area contributed by atoms with Crippen molar-refractivity contribution in [1.29, 1.82) is 0 Å². The highest BCUT2D eigenvalue weighted by molar-refractivity contribution is 7.99. The summed E-state index contributed by atoms with van der Waals surface area (Å²) in [6.45, 7) is 0.677. The summed E-state index contributed by atoms with van der Waals surface area (Å²) in [6.07, 6.45) is 1.11. The number of nitro benzene ring substituents is 1. The second-order valence-corrected chi connectivity index (χ2v) is 5.61. The number of amides is 1. The van der Waals surface area contributed by atoms with E-state index < -0.39 is 10.8 Å². The number of anilines is 1. The fraction of sp³-hybridized carbons (Fsp3) is 0.417. The Morgan fingerprint density at radius 2 is 2.37 bits per heavy atom. The minimum absolute atomic E-state index is 0.0318. The normalized spacial score (nSPS) is 18.2. The number of thioether (sulfide) groups is 1. The molecule has 0 aliphatic carbocycles. The van der Waals surface area contributed by atoms with Gasteiger partial charge in [0.1, 0.15) is 5.69 Å². The van der Waals surface area contributed by atoms with E-state index in [1.165, 1.54) is 18.2 Å². The molecule has 1 saturated heterocycles. The fourth-order valence-electron chi connectivity index (χ4n) is 1.99. The summed E-state index contributed by atoms with van der Waals surface area (Å²) < 4.78 is 0. The number of benzene rings is 1. The summed E-state index contributed by atoms with van der Waals surface area (Å²) in [4.78, 5) is 21.6. The third kappa shape index (κ3) is 3.37. The maximum Gasteiger partial charge on any atom is 0.292 e. The molecule has 1 aliphatic heterocycles. The number of hydrogen-bond acceptors (Lipinski definition) is 5. The second-order valence-electron chi connectivity index (χ2n) is 4.46. The van der Waals surface area contributed by atoms with Gasteiger partial charge in [-0.15, -0.1) is 0 Å². The lowest BCUT2D eigenvalue weighted by molar-refractivity contribution is -0.384. The highest BCUT2D eigenvalue weighted by Crippen LogP contribution is 2.28. The molecule has 0 spiro atoms. The maximum absolute atomic E-state index is 11.1. The van der Waals surface area contributed by atoms with Crippen LogP contribution in [-0.2, 0) is 0 Å². The number of primary amides is 1. The number of hydrogen-bond donors (Lipinski definition) is 2. The number of nitrogens with one attached hydrogen (secondary N) is 1. The molecule has 7 heteroatoms. The smallest absolute Gasteiger partial charge is 0.292 e. The third-order valence-electron chi connectivity index (χ3n) is 3.08. The van der Waals surface area contributed by atoms with Crippen molar-refractivity contribution in [2.24, 2.45) is 11.7 Å². The van der Waals surface area contributed by atoms with Gasteiger partial charge in [-0.2, -0.15) is 11.8 Å². The molecule has 19 heavy (non-hydrogen) atoms. The van der Waals surface area contributed by atoms with Gasteiger partial charge in [-0.05, 0) is 36.0 Å². The van der Waals surface area contributed by atoms with Gasteiger partial charge in [0.15, 0.2) is 0 Å². The van der Waals surface area contributed by atoms with Crippen molar-refractivity contribution >= 4 is 29.0 Å². The number of nitrogens with two attached hydrogens (primary N) is 1. The van der Waals surface area contributed by atoms with Gasteiger partial charge in [0.2, 0.25) is 5.91 Å². The van der Waals surface area contributed by atoms with Gasteiger partial charge in [-0.1, -0.05) is 0 Å². The van der Waals surface area contributed by atoms with Crippen molar-refractivity contribution in [3.8, 4) is 0 Å². The van der Waals surface area contributed by atoms with Crippen LogP contribution in [0.4, 0.5) is 11.4 Å². The summed E-state index contributed by atoms with van der Waals surface area (Å²) in [7, 11) is 0. The van der Waals surface area contributed by atoms with E-state index in [1.54, 1.807) is 0 Å². The van der Waals surface area contributed by atoms with Crippen LogP contribution in [0.15, 0.2) is 18.2 Å². The van der Waals surface area contributed by atoms with Gasteiger partial charge in [0.05, 0.1) is 4.92 Å². The van der Waals surface area contributed by atoms with E-state index in [-0.39, 0.29) is 11.3 Å². The van der Waals surface area contributed by atoms with E-state index in [1.807, 2.05) is 11.8 Å². The summed E-state index contributed by atoms with van der Waals surface area (Å²) in [5.74, 6) is 2.13. The van der Waals surface area contributed by atoms with Gasteiger partial charge in [0.25, 0.3) is 5.69 Å². The predicted octanol–water partition coefficient (Wildman–Crippen LogP) is 1.86. The fourth-order valence-corrected chi connectivity index (χ4v) is 3.27. The zero-order valence-electron chi connectivity index (χ0n) is 10.3. The lowest BCUT2D eigenvalue weighted by Crippen LogP contribution is -2.16. The van der Waals surface area contributed by atoms with Crippen LogP contribution >= 0.6 is 11.8 Å². The van der Waals surface area contributed by atoms with E-state index in [9.17, 15) is 14.9 Å². The predicted molar refractivity (Wildman–Crippen MR) is 75.5 cm³/mol. The average molecular weight is 281 g/mol. The van der Waals surface area contributed by atoms with Crippen molar-refractivity contribution in [1.82, 2.24) is 0 Å². The molecular formula is C12H15N3O3S. The first-order valence-corrected chi connectivity index (χ1v) is 7.13. The van der Waals surface area contributed by atoms with Crippen molar-refractivity contribution in [2.75, 3.05) is 23.4 Å². The van der Waals surface area contributed by atoms with Crippen LogP contribution in [0.5, 0.6) is 0 Å². The topological polar surface area (TPSA) is 98.3 Å². The van der Waals surface area contributed by atoms with Gasteiger partial charge in [-0.25, -0.2) is 0 Å². The minimum atomic E-state index is -0.589. The van der Waals surface area contributed by atoms with Crippen LogP contribution in [0.25, 0.3) is 0 Å². The van der Waals surface area contributed by atoms with Crippen LogP contribution in [0.3, 0.4) is 0 Å². The van der Waals surface area contributed by atoms with E-state index >= 15 is 0 Å². The standard InChI is InChI=1S/C12H15N3O3S/c13-12(16)9-1-2-11(15(17)18)10(5-9)14-6-8-3-4-19-7-8/h1-2,5,8,14H,3-4,6-7H2,(H2,13,16). The van der Waals surface area contributed by atoms with Gasteiger partial charge in [-0.3, -0.25) is 14.9 Å². The molecule has 1 aliphatic rings. The highest BCUT2D eigenvalue weighted by atomic mass is 32.2. The summed E-state index contributed by atoms with van der Waals surface area (Å²) in [5.41, 5.74) is 5.79. The molecule has 0 saturated carbocycles. The Morgan fingerprint density at radius 3 is 2.95 bits per heavy atom. The molecule has 1 unspecified atom stereocenters. The van der Waals surface area contributed by atoms with Crippen LogP contribution in [0, 0.1) is 16.0 Å². The Bertz CT molecular complexity index is 501. The van der Waals surface area contributed by atoms with Crippen LogP contribution in [0.2, 0.25) is 0 Å². The molecular weight excluding hydrogens is 266 g/mol. The molecule has 1 aromatic rings.